The number of carbonyl (C=O) groups is 1. The number of benzene rings is 1. The van der Waals surface area contributed by atoms with Crippen molar-refractivity contribution in [1.29, 1.82) is 0 Å². The van der Waals surface area contributed by atoms with Crippen molar-refractivity contribution in [3.05, 3.63) is 35.9 Å². The first kappa shape index (κ1) is 21.8. The number of carbonyl (C=O) groups excluding carboxylic acids is 1. The Labute approximate surface area is 191 Å². The summed E-state index contributed by atoms with van der Waals surface area (Å²) in [6, 6.07) is 8.18. The molecule has 0 amide bonds. The van der Waals surface area contributed by atoms with Gasteiger partial charge in [-0.2, -0.15) is 0 Å². The van der Waals surface area contributed by atoms with Crippen LogP contribution in [-0.2, 0) is 9.53 Å². The van der Waals surface area contributed by atoms with Crippen LogP contribution in [0.25, 0.3) is 0 Å². The average molecular weight is 441 g/mol. The van der Waals surface area contributed by atoms with Crippen molar-refractivity contribution in [2.45, 2.75) is 45.3 Å². The van der Waals surface area contributed by atoms with Crippen molar-refractivity contribution in [1.82, 2.24) is 4.90 Å². The lowest BCUT2D eigenvalue weighted by atomic mass is 9.55. The zero-order valence-electron chi connectivity index (χ0n) is 19.5. The number of fused-ring (bicyclic) bond motifs is 2. The molecule has 0 radical (unpaired) electrons. The molecule has 2 saturated heterocycles. The van der Waals surface area contributed by atoms with Gasteiger partial charge in [-0.25, -0.2) is 0 Å². The highest BCUT2D eigenvalue weighted by Crippen LogP contribution is 2.56. The maximum absolute atomic E-state index is 12.9. The Morgan fingerprint density at radius 3 is 2.78 bits per heavy atom. The molecule has 32 heavy (non-hydrogen) atoms. The topological polar surface area (TPSA) is 62.2 Å². The van der Waals surface area contributed by atoms with Crippen LogP contribution in [0.3, 0.4) is 0 Å². The number of hydrogen-bond acceptors (Lipinski definition) is 6. The first-order chi connectivity index (χ1) is 15.4. The fourth-order valence-electron chi connectivity index (χ4n) is 6.55. The average Bonchev–Trinajstić information content (AvgIpc) is 3.11. The second-order valence-electron chi connectivity index (χ2n) is 10.3. The van der Waals surface area contributed by atoms with Crippen molar-refractivity contribution < 1.29 is 19.4 Å². The number of hydrogen-bond donors (Lipinski definition) is 1. The van der Waals surface area contributed by atoms with Crippen LogP contribution in [0.4, 0.5) is 5.69 Å². The molecule has 3 fully saturated rings. The highest BCUT2D eigenvalue weighted by molar-refractivity contribution is 5.76. The summed E-state index contributed by atoms with van der Waals surface area (Å²) in [5, 5.41) is 11.6. The number of allylic oxidation sites excluding steroid dienone is 1. The van der Waals surface area contributed by atoms with Crippen molar-refractivity contribution >= 4 is 11.7 Å². The van der Waals surface area contributed by atoms with E-state index in [0.29, 0.717) is 12.5 Å². The molecule has 0 bridgehead atoms. The predicted molar refractivity (Wildman–Crippen MR) is 124 cm³/mol. The lowest BCUT2D eigenvalue weighted by Gasteiger charge is -2.52. The number of piperazine rings is 1. The van der Waals surface area contributed by atoms with Crippen molar-refractivity contribution in [2.24, 2.45) is 23.2 Å². The zero-order chi connectivity index (χ0) is 22.5. The summed E-state index contributed by atoms with van der Waals surface area (Å²) in [6.07, 6.45) is 4.53. The maximum atomic E-state index is 12.9. The first-order valence-corrected chi connectivity index (χ1v) is 12.1. The third-order valence-corrected chi connectivity index (χ3v) is 8.82. The third kappa shape index (κ3) is 3.52. The molecule has 4 aliphatic rings. The first-order valence-electron chi connectivity index (χ1n) is 12.1. The fraction of sp³-hybridized carbons (Fsp3) is 0.654. The number of aliphatic hydroxyl groups is 1. The molecule has 174 valence electrons. The quantitative estimate of drug-likeness (QED) is 0.574. The van der Waals surface area contributed by atoms with Crippen LogP contribution in [0.15, 0.2) is 35.9 Å². The summed E-state index contributed by atoms with van der Waals surface area (Å²) in [4.78, 5) is 17.6. The number of aliphatic hydroxyl groups excluding tert-OH is 1. The molecule has 1 saturated carbocycles. The summed E-state index contributed by atoms with van der Waals surface area (Å²) in [5.41, 5.74) is 2.23. The number of anilines is 1. The van der Waals surface area contributed by atoms with Crippen LogP contribution in [0.5, 0.6) is 5.75 Å². The summed E-state index contributed by atoms with van der Waals surface area (Å²) in [5.74, 6) is 0.813. The third-order valence-electron chi connectivity index (χ3n) is 8.82. The highest BCUT2D eigenvalue weighted by atomic mass is 16.6. The Balaban J connectivity index is 1.26. The van der Waals surface area contributed by atoms with E-state index in [0.717, 1.165) is 51.2 Å². The molecule has 0 spiro atoms. The van der Waals surface area contributed by atoms with Gasteiger partial charge in [-0.3, -0.25) is 9.69 Å². The molecule has 2 heterocycles. The van der Waals surface area contributed by atoms with E-state index >= 15 is 0 Å². The summed E-state index contributed by atoms with van der Waals surface area (Å²) in [6.45, 7) is 8.74. The largest absolute Gasteiger partial charge is 0.497 e. The molecule has 6 atom stereocenters. The second kappa shape index (κ2) is 8.38. The van der Waals surface area contributed by atoms with Crippen molar-refractivity contribution in [3.8, 4) is 5.75 Å². The van der Waals surface area contributed by atoms with Gasteiger partial charge in [-0.05, 0) is 30.9 Å². The number of nitrogens with zero attached hydrogens (tertiary/aromatic N) is 2. The molecule has 1 aromatic carbocycles. The van der Waals surface area contributed by atoms with Gasteiger partial charge in [-0.1, -0.05) is 31.6 Å². The van der Waals surface area contributed by atoms with Gasteiger partial charge < -0.3 is 19.5 Å². The normalized spacial score (nSPS) is 37.4. The fourth-order valence-corrected chi connectivity index (χ4v) is 6.55. The van der Waals surface area contributed by atoms with Gasteiger partial charge >= 0.3 is 5.97 Å². The Kier molecular flexibility index (Phi) is 5.70. The van der Waals surface area contributed by atoms with Gasteiger partial charge in [0.25, 0.3) is 0 Å². The van der Waals surface area contributed by atoms with Crippen molar-refractivity contribution in [3.63, 3.8) is 0 Å². The highest BCUT2D eigenvalue weighted by Gasteiger charge is 2.59. The summed E-state index contributed by atoms with van der Waals surface area (Å²) < 4.78 is 11.2. The predicted octanol–water partition coefficient (Wildman–Crippen LogP) is 3.10. The molecule has 0 unspecified atom stereocenters. The van der Waals surface area contributed by atoms with E-state index in [1.165, 1.54) is 11.3 Å². The molecular formula is C26H36N2O4. The SMILES string of the molecule is COc1cccc(N2CCN(C[C@@H]3C(=O)O[C@@H]4CC5=CCC[C@@H](C)[C@@]5(C)[C@@H](O)[C@@H]34)CC2)c1. The lowest BCUT2D eigenvalue weighted by molar-refractivity contribution is -0.145. The van der Waals surface area contributed by atoms with Gasteiger partial charge in [0.15, 0.2) is 0 Å². The Morgan fingerprint density at radius 1 is 1.25 bits per heavy atom. The summed E-state index contributed by atoms with van der Waals surface area (Å²) >= 11 is 0. The second-order valence-corrected chi connectivity index (χ2v) is 10.3. The Bertz CT molecular complexity index is 894. The van der Waals surface area contributed by atoms with Gasteiger partial charge in [0.05, 0.1) is 19.1 Å². The summed E-state index contributed by atoms with van der Waals surface area (Å²) in [7, 11) is 1.69. The number of rotatable bonds is 4. The molecule has 2 aliphatic heterocycles. The molecular weight excluding hydrogens is 404 g/mol. The van der Waals surface area contributed by atoms with Crippen LogP contribution in [-0.4, -0.2) is 68.0 Å². The Morgan fingerprint density at radius 2 is 2.03 bits per heavy atom. The molecule has 1 N–H and O–H groups in total. The van der Waals surface area contributed by atoms with Crippen LogP contribution >= 0.6 is 0 Å². The molecule has 1 aromatic rings. The molecule has 6 nitrogen and oxygen atoms in total. The van der Waals surface area contributed by atoms with Crippen LogP contribution in [0, 0.1) is 23.2 Å². The van der Waals surface area contributed by atoms with Crippen LogP contribution in [0.1, 0.15) is 33.1 Å². The van der Waals surface area contributed by atoms with Gasteiger partial charge in [-0.15, -0.1) is 0 Å². The molecule has 2 aliphatic carbocycles. The number of esters is 1. The van der Waals surface area contributed by atoms with Crippen LogP contribution < -0.4 is 9.64 Å². The van der Waals surface area contributed by atoms with E-state index < -0.39 is 6.10 Å². The van der Waals surface area contributed by atoms with E-state index in [4.69, 9.17) is 9.47 Å². The standard InChI is InChI=1S/C26H36N2O4/c1-17-6-4-7-18-14-22-23(24(29)26(17,18)2)21(25(30)32-22)16-27-10-12-28(13-11-27)19-8-5-9-20(15-19)31-3/h5,7-9,15,17,21-24,29H,4,6,10-14,16H2,1-3H3/t17-,21+,22-,23+,24+,26-/m1/s1. The molecule has 0 aromatic heterocycles. The number of methoxy groups -OCH3 is 1. The molecule has 6 heteroatoms. The monoisotopic (exact) mass is 440 g/mol. The van der Waals surface area contributed by atoms with Gasteiger partial charge in [0.1, 0.15) is 11.9 Å². The van der Waals surface area contributed by atoms with E-state index in [2.05, 4.69) is 41.9 Å². The van der Waals surface area contributed by atoms with Gasteiger partial charge in [0, 0.05) is 62.2 Å². The Hall–Kier alpha value is -2.05. The molecule has 5 rings (SSSR count). The van der Waals surface area contributed by atoms with Gasteiger partial charge in [0.2, 0.25) is 0 Å². The van der Waals surface area contributed by atoms with E-state index in [9.17, 15) is 9.90 Å². The minimum Gasteiger partial charge on any atom is -0.497 e. The number of ether oxygens (including phenoxy) is 2. The van der Waals surface area contributed by atoms with E-state index in [1.807, 2.05) is 12.1 Å². The van der Waals surface area contributed by atoms with E-state index in [-0.39, 0.29) is 29.3 Å². The van der Waals surface area contributed by atoms with E-state index in [1.54, 1.807) is 7.11 Å². The zero-order valence-corrected chi connectivity index (χ0v) is 19.5. The lowest BCUT2D eigenvalue weighted by Crippen LogP contribution is -2.55. The van der Waals surface area contributed by atoms with Crippen LogP contribution in [0.2, 0.25) is 0 Å². The smallest absolute Gasteiger partial charge is 0.311 e. The van der Waals surface area contributed by atoms with Crippen molar-refractivity contribution in [2.75, 3.05) is 44.7 Å². The minimum atomic E-state index is -0.530. The minimum absolute atomic E-state index is 0.110. The maximum Gasteiger partial charge on any atom is 0.311 e.